The van der Waals surface area contributed by atoms with Crippen molar-refractivity contribution in [1.29, 1.82) is 0 Å². The molecule has 0 aliphatic heterocycles. The summed E-state index contributed by atoms with van der Waals surface area (Å²) in [4.78, 5) is 17.7. The highest BCUT2D eigenvalue weighted by atomic mass is 16.2. The SMILES string of the molecule is CN(C(=O)CC1CCCC1)c1ccncc1N. The predicted molar refractivity (Wildman–Crippen MR) is 68.6 cm³/mol. The summed E-state index contributed by atoms with van der Waals surface area (Å²) in [5.74, 6) is 0.711. The predicted octanol–water partition coefficient (Wildman–Crippen LogP) is 2.21. The number of hydrogen-bond donors (Lipinski definition) is 1. The fourth-order valence-electron chi connectivity index (χ4n) is 2.44. The highest BCUT2D eigenvalue weighted by molar-refractivity contribution is 5.95. The van der Waals surface area contributed by atoms with Crippen LogP contribution in [0.2, 0.25) is 0 Å². The van der Waals surface area contributed by atoms with E-state index in [1.54, 1.807) is 30.4 Å². The van der Waals surface area contributed by atoms with Gasteiger partial charge in [0.15, 0.2) is 0 Å². The molecule has 0 unspecified atom stereocenters. The van der Waals surface area contributed by atoms with Crippen molar-refractivity contribution < 1.29 is 4.79 Å². The number of nitrogen functional groups attached to an aromatic ring is 1. The van der Waals surface area contributed by atoms with E-state index in [1.807, 2.05) is 0 Å². The lowest BCUT2D eigenvalue weighted by atomic mass is 10.0. The molecule has 1 aromatic heterocycles. The molecule has 1 heterocycles. The first-order valence-electron chi connectivity index (χ1n) is 6.14. The van der Waals surface area contributed by atoms with Crippen LogP contribution in [0.3, 0.4) is 0 Å². The quantitative estimate of drug-likeness (QED) is 0.870. The minimum atomic E-state index is 0.148. The highest BCUT2D eigenvalue weighted by Gasteiger charge is 2.21. The van der Waals surface area contributed by atoms with Crippen LogP contribution in [-0.4, -0.2) is 17.9 Å². The maximum Gasteiger partial charge on any atom is 0.227 e. The first-order valence-corrected chi connectivity index (χ1v) is 6.14. The Morgan fingerprint density at radius 1 is 1.53 bits per heavy atom. The Balaban J connectivity index is 2.01. The Labute approximate surface area is 102 Å². The molecule has 1 saturated carbocycles. The second-order valence-electron chi connectivity index (χ2n) is 4.74. The molecule has 0 saturated heterocycles. The summed E-state index contributed by atoms with van der Waals surface area (Å²) in [6.45, 7) is 0. The smallest absolute Gasteiger partial charge is 0.227 e. The third-order valence-electron chi connectivity index (χ3n) is 3.50. The largest absolute Gasteiger partial charge is 0.396 e. The molecule has 0 radical (unpaired) electrons. The summed E-state index contributed by atoms with van der Waals surface area (Å²) in [7, 11) is 1.78. The van der Waals surface area contributed by atoms with Gasteiger partial charge in [-0.15, -0.1) is 0 Å². The second kappa shape index (κ2) is 5.17. The highest BCUT2D eigenvalue weighted by Crippen LogP contribution is 2.29. The van der Waals surface area contributed by atoms with Crippen molar-refractivity contribution in [3.63, 3.8) is 0 Å². The lowest BCUT2D eigenvalue weighted by Gasteiger charge is -2.20. The molecule has 1 aliphatic carbocycles. The number of nitrogens with two attached hydrogens (primary N) is 1. The number of carbonyl (C=O) groups excluding carboxylic acids is 1. The minimum absolute atomic E-state index is 0.148. The summed E-state index contributed by atoms with van der Waals surface area (Å²) >= 11 is 0. The van der Waals surface area contributed by atoms with E-state index in [4.69, 9.17) is 5.73 Å². The van der Waals surface area contributed by atoms with Crippen molar-refractivity contribution >= 4 is 17.3 Å². The first-order chi connectivity index (χ1) is 8.18. The molecule has 0 atom stereocenters. The molecule has 1 amide bonds. The third-order valence-corrected chi connectivity index (χ3v) is 3.50. The number of pyridine rings is 1. The molecule has 4 nitrogen and oxygen atoms in total. The van der Waals surface area contributed by atoms with Crippen LogP contribution in [0.15, 0.2) is 18.5 Å². The van der Waals surface area contributed by atoms with Crippen molar-refractivity contribution in [2.45, 2.75) is 32.1 Å². The lowest BCUT2D eigenvalue weighted by Crippen LogP contribution is -2.28. The molecule has 2 N–H and O–H groups in total. The van der Waals surface area contributed by atoms with E-state index in [0.29, 0.717) is 18.0 Å². The Morgan fingerprint density at radius 2 is 2.24 bits per heavy atom. The normalized spacial score (nSPS) is 16.1. The molecule has 0 bridgehead atoms. The third kappa shape index (κ3) is 2.75. The second-order valence-corrected chi connectivity index (χ2v) is 4.74. The molecule has 1 aliphatic rings. The van der Waals surface area contributed by atoms with Crippen LogP contribution >= 0.6 is 0 Å². The van der Waals surface area contributed by atoms with Crippen molar-refractivity contribution in [3.05, 3.63) is 18.5 Å². The molecule has 92 valence electrons. The van der Waals surface area contributed by atoms with Gasteiger partial charge in [0.1, 0.15) is 0 Å². The molecule has 0 aromatic carbocycles. The van der Waals surface area contributed by atoms with Crippen LogP contribution in [0, 0.1) is 5.92 Å². The molecule has 0 spiro atoms. The van der Waals surface area contributed by atoms with Crippen LogP contribution in [-0.2, 0) is 4.79 Å². The lowest BCUT2D eigenvalue weighted by molar-refractivity contribution is -0.119. The van der Waals surface area contributed by atoms with E-state index in [-0.39, 0.29) is 5.91 Å². The summed E-state index contributed by atoms with van der Waals surface area (Å²) < 4.78 is 0. The first kappa shape index (κ1) is 11.9. The van der Waals surface area contributed by atoms with Gasteiger partial charge in [0.25, 0.3) is 0 Å². The summed E-state index contributed by atoms with van der Waals surface area (Å²) in [6, 6.07) is 1.78. The maximum atomic E-state index is 12.1. The molecular weight excluding hydrogens is 214 g/mol. The molecule has 1 fully saturated rings. The topological polar surface area (TPSA) is 59.2 Å². The number of anilines is 2. The van der Waals surface area contributed by atoms with Crippen LogP contribution in [0.4, 0.5) is 11.4 Å². The zero-order valence-electron chi connectivity index (χ0n) is 10.2. The van der Waals surface area contributed by atoms with Gasteiger partial charge in [0.05, 0.1) is 17.6 Å². The zero-order valence-corrected chi connectivity index (χ0v) is 10.2. The van der Waals surface area contributed by atoms with Crippen molar-refractivity contribution in [3.8, 4) is 0 Å². The van der Waals surface area contributed by atoms with Crippen LogP contribution in [0.1, 0.15) is 32.1 Å². The number of rotatable bonds is 3. The fraction of sp³-hybridized carbons (Fsp3) is 0.538. The average molecular weight is 233 g/mol. The maximum absolute atomic E-state index is 12.1. The zero-order chi connectivity index (χ0) is 12.3. The van der Waals surface area contributed by atoms with Gasteiger partial charge in [0, 0.05) is 19.7 Å². The molecule has 2 rings (SSSR count). The van der Waals surface area contributed by atoms with Gasteiger partial charge in [-0.2, -0.15) is 0 Å². The number of amides is 1. The van der Waals surface area contributed by atoms with Gasteiger partial charge in [-0.1, -0.05) is 12.8 Å². The Bertz CT molecular complexity index is 399. The van der Waals surface area contributed by atoms with Gasteiger partial charge < -0.3 is 10.6 Å². The van der Waals surface area contributed by atoms with E-state index in [2.05, 4.69) is 4.98 Å². The van der Waals surface area contributed by atoms with E-state index in [1.165, 1.54) is 25.7 Å². The van der Waals surface area contributed by atoms with Gasteiger partial charge in [-0.05, 0) is 24.8 Å². The fourth-order valence-corrected chi connectivity index (χ4v) is 2.44. The van der Waals surface area contributed by atoms with Crippen molar-refractivity contribution in [2.24, 2.45) is 5.92 Å². The Morgan fingerprint density at radius 3 is 2.88 bits per heavy atom. The van der Waals surface area contributed by atoms with Crippen LogP contribution in [0.25, 0.3) is 0 Å². The molecule has 17 heavy (non-hydrogen) atoms. The Kier molecular flexibility index (Phi) is 3.61. The van der Waals surface area contributed by atoms with Crippen molar-refractivity contribution in [2.75, 3.05) is 17.7 Å². The minimum Gasteiger partial charge on any atom is -0.396 e. The number of carbonyl (C=O) groups is 1. The molecule has 1 aromatic rings. The van der Waals surface area contributed by atoms with Gasteiger partial charge in [-0.3, -0.25) is 9.78 Å². The number of hydrogen-bond acceptors (Lipinski definition) is 3. The average Bonchev–Trinajstić information content (AvgIpc) is 2.81. The summed E-state index contributed by atoms with van der Waals surface area (Å²) in [6.07, 6.45) is 8.77. The van der Waals surface area contributed by atoms with E-state index in [9.17, 15) is 4.79 Å². The molecular formula is C13H19N3O. The van der Waals surface area contributed by atoms with Crippen LogP contribution in [0.5, 0.6) is 0 Å². The Hall–Kier alpha value is -1.58. The van der Waals surface area contributed by atoms with Crippen molar-refractivity contribution in [1.82, 2.24) is 4.98 Å². The number of aromatic nitrogens is 1. The summed E-state index contributed by atoms with van der Waals surface area (Å²) in [5.41, 5.74) is 7.11. The van der Waals surface area contributed by atoms with Gasteiger partial charge in [-0.25, -0.2) is 0 Å². The molecule has 4 heteroatoms. The van der Waals surface area contributed by atoms with E-state index >= 15 is 0 Å². The van der Waals surface area contributed by atoms with E-state index < -0.39 is 0 Å². The van der Waals surface area contributed by atoms with Gasteiger partial charge in [0.2, 0.25) is 5.91 Å². The van der Waals surface area contributed by atoms with Crippen LogP contribution < -0.4 is 10.6 Å². The van der Waals surface area contributed by atoms with E-state index in [0.717, 1.165) is 5.69 Å². The monoisotopic (exact) mass is 233 g/mol. The summed E-state index contributed by atoms with van der Waals surface area (Å²) in [5, 5.41) is 0. The standard InChI is InChI=1S/C13H19N3O/c1-16(12-6-7-15-9-11(12)14)13(17)8-10-4-2-3-5-10/h6-7,9-10H,2-5,8,14H2,1H3. The number of nitrogens with zero attached hydrogens (tertiary/aromatic N) is 2. The van der Waals surface area contributed by atoms with Gasteiger partial charge >= 0.3 is 0 Å².